The van der Waals surface area contributed by atoms with Crippen LogP contribution in [0.4, 0.5) is 0 Å². The minimum atomic E-state index is 0. The molecular formula is C11H15BrClNO. The van der Waals surface area contributed by atoms with Crippen LogP contribution in [0.25, 0.3) is 0 Å². The number of rotatable bonds is 3. The highest BCUT2D eigenvalue weighted by atomic mass is 79.9. The number of hydrogen-bond donors (Lipinski definition) is 2. The molecule has 4 heteroatoms. The van der Waals surface area contributed by atoms with Gasteiger partial charge in [-0.1, -0.05) is 18.9 Å². The molecule has 84 valence electrons. The van der Waals surface area contributed by atoms with E-state index in [1.54, 1.807) is 6.07 Å². The minimum Gasteiger partial charge on any atom is -0.507 e. The Morgan fingerprint density at radius 1 is 1.47 bits per heavy atom. The van der Waals surface area contributed by atoms with Crippen molar-refractivity contribution in [1.82, 2.24) is 0 Å². The first-order valence-electron chi connectivity index (χ1n) is 4.91. The van der Waals surface area contributed by atoms with Gasteiger partial charge in [-0.3, -0.25) is 0 Å². The Morgan fingerprint density at radius 2 is 2.13 bits per heavy atom. The van der Waals surface area contributed by atoms with E-state index >= 15 is 0 Å². The van der Waals surface area contributed by atoms with Crippen molar-refractivity contribution < 1.29 is 5.11 Å². The molecule has 1 atom stereocenters. The molecule has 2 rings (SSSR count). The van der Waals surface area contributed by atoms with E-state index in [2.05, 4.69) is 15.9 Å². The summed E-state index contributed by atoms with van der Waals surface area (Å²) in [5.41, 5.74) is 7.15. The summed E-state index contributed by atoms with van der Waals surface area (Å²) < 4.78 is 0.723. The molecule has 0 spiro atoms. The van der Waals surface area contributed by atoms with Crippen LogP contribution in [0.3, 0.4) is 0 Å². The lowest BCUT2D eigenvalue weighted by molar-refractivity contribution is 0.471. The summed E-state index contributed by atoms with van der Waals surface area (Å²) in [4.78, 5) is 0. The molecule has 0 heterocycles. The van der Waals surface area contributed by atoms with E-state index in [-0.39, 0.29) is 24.2 Å². The van der Waals surface area contributed by atoms with Gasteiger partial charge in [-0.2, -0.15) is 0 Å². The fourth-order valence-corrected chi connectivity index (χ4v) is 2.00. The predicted octanol–water partition coefficient (Wildman–Crippen LogP) is 3.38. The standard InChI is InChI=1S/C11H14BrNO.ClH/c12-9-6-8(3-4-11(9)14)10(13)5-7-1-2-7;/h3-4,6-7,10,14H,1-2,5,13H2;1H/t10-;/m0./s1. The van der Waals surface area contributed by atoms with Gasteiger partial charge in [0, 0.05) is 6.04 Å². The van der Waals surface area contributed by atoms with Crippen LogP contribution < -0.4 is 5.73 Å². The van der Waals surface area contributed by atoms with Crippen LogP contribution in [-0.2, 0) is 0 Å². The Hall–Kier alpha value is -0.250. The molecule has 0 aliphatic heterocycles. The Balaban J connectivity index is 0.00000112. The molecule has 0 saturated heterocycles. The average molecular weight is 293 g/mol. The molecule has 1 aromatic rings. The second kappa shape index (κ2) is 5.19. The van der Waals surface area contributed by atoms with Crippen LogP contribution in [0.1, 0.15) is 30.9 Å². The van der Waals surface area contributed by atoms with Gasteiger partial charge in [-0.25, -0.2) is 0 Å². The smallest absolute Gasteiger partial charge is 0.129 e. The summed E-state index contributed by atoms with van der Waals surface area (Å²) in [5, 5.41) is 9.33. The second-order valence-corrected chi connectivity index (χ2v) is 4.85. The van der Waals surface area contributed by atoms with Crippen molar-refractivity contribution in [2.45, 2.75) is 25.3 Å². The summed E-state index contributed by atoms with van der Waals surface area (Å²) in [6.07, 6.45) is 3.72. The Labute approximate surface area is 104 Å². The number of phenolic OH excluding ortho intramolecular Hbond substituents is 1. The van der Waals surface area contributed by atoms with Crippen molar-refractivity contribution in [2.75, 3.05) is 0 Å². The van der Waals surface area contributed by atoms with Gasteiger partial charge in [0.05, 0.1) is 4.47 Å². The summed E-state index contributed by atoms with van der Waals surface area (Å²) in [6.45, 7) is 0. The highest BCUT2D eigenvalue weighted by Gasteiger charge is 2.24. The van der Waals surface area contributed by atoms with E-state index in [0.29, 0.717) is 0 Å². The highest BCUT2D eigenvalue weighted by Crippen LogP contribution is 2.37. The van der Waals surface area contributed by atoms with Crippen molar-refractivity contribution in [3.05, 3.63) is 28.2 Å². The molecule has 1 aliphatic rings. The van der Waals surface area contributed by atoms with E-state index in [1.807, 2.05) is 12.1 Å². The fourth-order valence-electron chi connectivity index (χ4n) is 1.60. The van der Waals surface area contributed by atoms with Crippen LogP contribution in [0.2, 0.25) is 0 Å². The number of benzene rings is 1. The molecule has 1 aromatic carbocycles. The SMILES string of the molecule is Cl.N[C@@H](CC1CC1)c1ccc(O)c(Br)c1. The van der Waals surface area contributed by atoms with Crippen LogP contribution in [0.15, 0.2) is 22.7 Å². The molecule has 3 N–H and O–H groups in total. The van der Waals surface area contributed by atoms with Crippen molar-refractivity contribution in [2.24, 2.45) is 11.7 Å². The Morgan fingerprint density at radius 3 is 2.67 bits per heavy atom. The third-order valence-corrected chi connectivity index (χ3v) is 3.32. The number of nitrogens with two attached hydrogens (primary N) is 1. The normalized spacial score (nSPS) is 16.9. The number of aromatic hydroxyl groups is 1. The maximum Gasteiger partial charge on any atom is 0.129 e. The van der Waals surface area contributed by atoms with Gasteiger partial charge in [-0.05, 0) is 46.0 Å². The first-order chi connectivity index (χ1) is 6.66. The maximum atomic E-state index is 9.33. The van der Waals surface area contributed by atoms with Crippen molar-refractivity contribution >= 4 is 28.3 Å². The first-order valence-corrected chi connectivity index (χ1v) is 5.70. The lowest BCUT2D eigenvalue weighted by Crippen LogP contribution is -2.10. The van der Waals surface area contributed by atoms with E-state index in [9.17, 15) is 5.11 Å². The molecule has 1 aliphatic carbocycles. The molecule has 1 saturated carbocycles. The van der Waals surface area contributed by atoms with Gasteiger partial charge in [-0.15, -0.1) is 12.4 Å². The van der Waals surface area contributed by atoms with E-state index in [1.165, 1.54) is 12.8 Å². The molecule has 0 aromatic heterocycles. The van der Waals surface area contributed by atoms with E-state index < -0.39 is 0 Å². The van der Waals surface area contributed by atoms with Crippen molar-refractivity contribution in [3.8, 4) is 5.75 Å². The minimum absolute atomic E-state index is 0. The van der Waals surface area contributed by atoms with Gasteiger partial charge < -0.3 is 10.8 Å². The molecule has 15 heavy (non-hydrogen) atoms. The molecule has 0 radical (unpaired) electrons. The zero-order valence-corrected chi connectivity index (χ0v) is 10.7. The first kappa shape index (κ1) is 12.8. The molecule has 0 unspecified atom stereocenters. The van der Waals surface area contributed by atoms with Crippen LogP contribution in [-0.4, -0.2) is 5.11 Å². The van der Waals surface area contributed by atoms with Gasteiger partial charge in [0.2, 0.25) is 0 Å². The Bertz CT molecular complexity index is 341. The van der Waals surface area contributed by atoms with E-state index in [0.717, 1.165) is 22.4 Å². The van der Waals surface area contributed by atoms with Gasteiger partial charge in [0.15, 0.2) is 0 Å². The molecule has 2 nitrogen and oxygen atoms in total. The quantitative estimate of drug-likeness (QED) is 0.897. The lowest BCUT2D eigenvalue weighted by Gasteiger charge is -2.11. The largest absolute Gasteiger partial charge is 0.507 e. The molecular weight excluding hydrogens is 277 g/mol. The molecule has 1 fully saturated rings. The highest BCUT2D eigenvalue weighted by molar-refractivity contribution is 9.10. The van der Waals surface area contributed by atoms with Crippen LogP contribution in [0.5, 0.6) is 5.75 Å². The van der Waals surface area contributed by atoms with Crippen LogP contribution >= 0.6 is 28.3 Å². The average Bonchev–Trinajstić information content (AvgIpc) is 2.93. The van der Waals surface area contributed by atoms with Crippen LogP contribution in [0, 0.1) is 5.92 Å². The maximum absolute atomic E-state index is 9.33. The number of halogens is 2. The zero-order valence-electron chi connectivity index (χ0n) is 8.32. The summed E-state index contributed by atoms with van der Waals surface area (Å²) in [6, 6.07) is 5.60. The molecule has 0 bridgehead atoms. The van der Waals surface area contributed by atoms with Crippen molar-refractivity contribution in [3.63, 3.8) is 0 Å². The third-order valence-electron chi connectivity index (χ3n) is 2.68. The summed E-state index contributed by atoms with van der Waals surface area (Å²) in [7, 11) is 0. The fraction of sp³-hybridized carbons (Fsp3) is 0.455. The third kappa shape index (κ3) is 3.37. The predicted molar refractivity (Wildman–Crippen MR) is 67.3 cm³/mol. The van der Waals surface area contributed by atoms with Gasteiger partial charge in [0.25, 0.3) is 0 Å². The molecule has 0 amide bonds. The zero-order chi connectivity index (χ0) is 10.1. The van der Waals surface area contributed by atoms with Crippen molar-refractivity contribution in [1.29, 1.82) is 0 Å². The summed E-state index contributed by atoms with van der Waals surface area (Å²) in [5.74, 6) is 1.10. The Kier molecular flexibility index (Phi) is 4.44. The van der Waals surface area contributed by atoms with Gasteiger partial charge in [0.1, 0.15) is 5.75 Å². The second-order valence-electron chi connectivity index (χ2n) is 4.00. The van der Waals surface area contributed by atoms with E-state index in [4.69, 9.17) is 5.73 Å². The van der Waals surface area contributed by atoms with Gasteiger partial charge >= 0.3 is 0 Å². The monoisotopic (exact) mass is 291 g/mol. The number of hydrogen-bond acceptors (Lipinski definition) is 2. The number of phenols is 1. The lowest BCUT2D eigenvalue weighted by atomic mass is 10.0. The topological polar surface area (TPSA) is 46.2 Å². The summed E-state index contributed by atoms with van der Waals surface area (Å²) >= 11 is 3.29.